The number of rotatable bonds is 8. The maximum absolute atomic E-state index is 12.1. The quantitative estimate of drug-likeness (QED) is 0.463. The Morgan fingerprint density at radius 2 is 1.93 bits per heavy atom. The highest BCUT2D eigenvalue weighted by molar-refractivity contribution is 7.21. The molecule has 0 saturated carbocycles. The van der Waals surface area contributed by atoms with Gasteiger partial charge in [0.05, 0.1) is 23.2 Å². The Bertz CT molecular complexity index is 985. The summed E-state index contributed by atoms with van der Waals surface area (Å²) in [6, 6.07) is 12.4. The lowest BCUT2D eigenvalue weighted by Gasteiger charge is -2.13. The van der Waals surface area contributed by atoms with Crippen LogP contribution in [0.3, 0.4) is 0 Å². The van der Waals surface area contributed by atoms with E-state index in [9.17, 15) is 9.59 Å². The fraction of sp³-hybridized carbons (Fsp3) is 0.250. The number of aliphatic carboxylic acids is 1. The standard InChI is InChI=1S/C20H21N3O4S/c1-12-2-7-15-17(10-12)28-19(23-15)13-3-5-14(6-4-13)22-18(25)11-16(20(26)27)21-8-9-24/h2-7,10,16,21,24H,8-9,11H2,1H3,(H,22,25)(H,26,27). The van der Waals surface area contributed by atoms with E-state index in [1.807, 2.05) is 31.2 Å². The summed E-state index contributed by atoms with van der Waals surface area (Å²) in [5.74, 6) is -1.55. The van der Waals surface area contributed by atoms with Crippen molar-refractivity contribution in [2.24, 2.45) is 0 Å². The third-order valence-corrected chi connectivity index (χ3v) is 5.22. The molecule has 146 valence electrons. The maximum atomic E-state index is 12.1. The van der Waals surface area contributed by atoms with Crippen LogP contribution in [0.25, 0.3) is 20.8 Å². The Balaban J connectivity index is 1.66. The van der Waals surface area contributed by atoms with E-state index in [0.29, 0.717) is 5.69 Å². The van der Waals surface area contributed by atoms with Gasteiger partial charge in [-0.1, -0.05) is 6.07 Å². The van der Waals surface area contributed by atoms with Gasteiger partial charge in [-0.2, -0.15) is 0 Å². The SMILES string of the molecule is Cc1ccc2nc(-c3ccc(NC(=O)CC(NCCO)C(=O)O)cc3)sc2c1. The topological polar surface area (TPSA) is 112 Å². The first-order valence-corrected chi connectivity index (χ1v) is 9.62. The first-order valence-electron chi connectivity index (χ1n) is 8.81. The molecule has 8 heteroatoms. The highest BCUT2D eigenvalue weighted by Crippen LogP contribution is 2.31. The second-order valence-corrected chi connectivity index (χ2v) is 7.42. The van der Waals surface area contributed by atoms with E-state index < -0.39 is 17.9 Å². The van der Waals surface area contributed by atoms with Crippen LogP contribution in [-0.4, -0.2) is 46.3 Å². The molecule has 0 aliphatic carbocycles. The van der Waals surface area contributed by atoms with Crippen molar-refractivity contribution in [1.29, 1.82) is 0 Å². The van der Waals surface area contributed by atoms with Gasteiger partial charge in [-0.05, 0) is 48.9 Å². The lowest BCUT2D eigenvalue weighted by atomic mass is 10.1. The third-order valence-electron chi connectivity index (χ3n) is 4.15. The van der Waals surface area contributed by atoms with E-state index >= 15 is 0 Å². The second kappa shape index (κ2) is 8.92. The number of carbonyl (C=O) groups excluding carboxylic acids is 1. The number of hydrogen-bond acceptors (Lipinski definition) is 6. The van der Waals surface area contributed by atoms with Gasteiger partial charge in [-0.3, -0.25) is 9.59 Å². The monoisotopic (exact) mass is 399 g/mol. The van der Waals surface area contributed by atoms with Gasteiger partial charge < -0.3 is 20.8 Å². The molecule has 2 aromatic carbocycles. The fourth-order valence-corrected chi connectivity index (χ4v) is 3.80. The van der Waals surface area contributed by atoms with Crippen LogP contribution in [0.15, 0.2) is 42.5 Å². The number of benzene rings is 2. The van der Waals surface area contributed by atoms with Gasteiger partial charge in [0.15, 0.2) is 0 Å². The van der Waals surface area contributed by atoms with Crippen molar-refractivity contribution in [3.8, 4) is 10.6 Å². The number of nitrogens with zero attached hydrogens (tertiary/aromatic N) is 1. The summed E-state index contributed by atoms with van der Waals surface area (Å²) >= 11 is 1.61. The zero-order valence-electron chi connectivity index (χ0n) is 15.3. The van der Waals surface area contributed by atoms with Gasteiger partial charge in [-0.25, -0.2) is 4.98 Å². The molecule has 0 spiro atoms. The van der Waals surface area contributed by atoms with Crippen LogP contribution >= 0.6 is 11.3 Å². The van der Waals surface area contributed by atoms with Crippen LogP contribution in [-0.2, 0) is 9.59 Å². The number of aliphatic hydroxyl groups excluding tert-OH is 1. The van der Waals surface area contributed by atoms with Gasteiger partial charge in [0, 0.05) is 17.8 Å². The summed E-state index contributed by atoms with van der Waals surface area (Å²) < 4.78 is 1.13. The molecule has 1 heterocycles. The molecule has 28 heavy (non-hydrogen) atoms. The first kappa shape index (κ1) is 19.9. The molecule has 1 atom stereocenters. The van der Waals surface area contributed by atoms with Crippen LogP contribution in [0.1, 0.15) is 12.0 Å². The van der Waals surface area contributed by atoms with E-state index in [1.165, 1.54) is 5.56 Å². The minimum absolute atomic E-state index is 0.112. The lowest BCUT2D eigenvalue weighted by Crippen LogP contribution is -2.41. The van der Waals surface area contributed by atoms with E-state index in [0.717, 1.165) is 20.8 Å². The summed E-state index contributed by atoms with van der Waals surface area (Å²) in [7, 11) is 0. The van der Waals surface area contributed by atoms with Gasteiger partial charge in [0.2, 0.25) is 5.91 Å². The number of amides is 1. The van der Waals surface area contributed by atoms with Crippen LogP contribution in [0, 0.1) is 6.92 Å². The molecule has 0 aliphatic rings. The predicted octanol–water partition coefficient (Wildman–Crippen LogP) is 2.64. The molecule has 3 rings (SSSR count). The average Bonchev–Trinajstić information content (AvgIpc) is 3.08. The number of carbonyl (C=O) groups is 2. The molecule has 4 N–H and O–H groups in total. The molecule has 0 saturated heterocycles. The predicted molar refractivity (Wildman–Crippen MR) is 110 cm³/mol. The Morgan fingerprint density at radius 1 is 1.18 bits per heavy atom. The minimum atomic E-state index is -1.13. The summed E-state index contributed by atoms with van der Waals surface area (Å²) in [5.41, 5.74) is 3.67. The number of thiazole rings is 1. The molecule has 7 nitrogen and oxygen atoms in total. The number of aryl methyl sites for hydroxylation is 1. The van der Waals surface area contributed by atoms with Crippen LogP contribution in [0.4, 0.5) is 5.69 Å². The molecule has 1 amide bonds. The van der Waals surface area contributed by atoms with Crippen molar-refractivity contribution >= 4 is 39.1 Å². The van der Waals surface area contributed by atoms with Crippen LogP contribution < -0.4 is 10.6 Å². The summed E-state index contributed by atoms with van der Waals surface area (Å²) in [6.07, 6.45) is -0.228. The van der Waals surface area contributed by atoms with E-state index in [4.69, 9.17) is 10.2 Å². The van der Waals surface area contributed by atoms with E-state index in [-0.39, 0.29) is 19.6 Å². The second-order valence-electron chi connectivity index (χ2n) is 6.39. The summed E-state index contributed by atoms with van der Waals surface area (Å²) in [4.78, 5) is 27.9. The smallest absolute Gasteiger partial charge is 0.321 e. The highest BCUT2D eigenvalue weighted by Gasteiger charge is 2.20. The summed E-state index contributed by atoms with van der Waals surface area (Å²) in [5, 5.41) is 24.1. The van der Waals surface area contributed by atoms with Crippen molar-refractivity contribution in [1.82, 2.24) is 10.3 Å². The number of aliphatic hydroxyl groups is 1. The molecule has 1 unspecified atom stereocenters. The van der Waals surface area contributed by atoms with Crippen molar-refractivity contribution in [2.45, 2.75) is 19.4 Å². The number of carboxylic acid groups (broad SMARTS) is 1. The zero-order chi connectivity index (χ0) is 20.1. The Hall–Kier alpha value is -2.81. The molecular weight excluding hydrogens is 378 g/mol. The first-order chi connectivity index (χ1) is 13.5. The molecular formula is C20H21N3O4S. The third kappa shape index (κ3) is 4.92. The summed E-state index contributed by atoms with van der Waals surface area (Å²) in [6.45, 7) is 1.96. The maximum Gasteiger partial charge on any atom is 0.321 e. The number of nitrogens with one attached hydrogen (secondary N) is 2. The minimum Gasteiger partial charge on any atom is -0.480 e. The van der Waals surface area contributed by atoms with Crippen LogP contribution in [0.2, 0.25) is 0 Å². The normalized spacial score (nSPS) is 12.1. The highest BCUT2D eigenvalue weighted by atomic mass is 32.1. The molecule has 0 bridgehead atoms. The number of aromatic nitrogens is 1. The Kier molecular flexibility index (Phi) is 6.35. The van der Waals surface area contributed by atoms with Crippen LogP contribution in [0.5, 0.6) is 0 Å². The van der Waals surface area contributed by atoms with Crippen molar-refractivity contribution < 1.29 is 19.8 Å². The van der Waals surface area contributed by atoms with Crippen molar-refractivity contribution in [2.75, 3.05) is 18.5 Å². The van der Waals surface area contributed by atoms with Crippen molar-refractivity contribution in [3.63, 3.8) is 0 Å². The Labute approximate surface area is 166 Å². The van der Waals surface area contributed by atoms with Crippen molar-refractivity contribution in [3.05, 3.63) is 48.0 Å². The van der Waals surface area contributed by atoms with E-state index in [2.05, 4.69) is 21.7 Å². The van der Waals surface area contributed by atoms with Gasteiger partial charge in [0.1, 0.15) is 11.0 Å². The number of fused-ring (bicyclic) bond motifs is 1. The molecule has 1 aromatic heterocycles. The fourth-order valence-electron chi connectivity index (χ4n) is 2.73. The molecule has 0 aliphatic heterocycles. The van der Waals surface area contributed by atoms with E-state index in [1.54, 1.807) is 23.5 Å². The van der Waals surface area contributed by atoms with Gasteiger partial charge in [-0.15, -0.1) is 11.3 Å². The molecule has 0 fully saturated rings. The average molecular weight is 399 g/mol. The Morgan fingerprint density at radius 3 is 2.61 bits per heavy atom. The number of hydrogen-bond donors (Lipinski definition) is 4. The number of anilines is 1. The largest absolute Gasteiger partial charge is 0.480 e. The zero-order valence-corrected chi connectivity index (χ0v) is 16.1. The van der Waals surface area contributed by atoms with Gasteiger partial charge in [0.25, 0.3) is 0 Å². The molecule has 0 radical (unpaired) electrons. The molecule has 3 aromatic rings. The lowest BCUT2D eigenvalue weighted by molar-refractivity contribution is -0.141. The number of carboxylic acids is 1. The van der Waals surface area contributed by atoms with Gasteiger partial charge >= 0.3 is 5.97 Å².